The molecular weight excluding hydrogens is 260 g/mol. The normalized spacial score (nSPS) is 10.1. The van der Waals surface area contributed by atoms with Gasteiger partial charge >= 0.3 is 12.0 Å². The van der Waals surface area contributed by atoms with Crippen molar-refractivity contribution in [2.24, 2.45) is 0 Å². The third kappa shape index (κ3) is 4.34. The summed E-state index contributed by atoms with van der Waals surface area (Å²) in [7, 11) is 1.48. The molecule has 96 valence electrons. The maximum absolute atomic E-state index is 11.3. The molecule has 0 heterocycles. The molecular formula is C11H11ClN2O4. The Kier molecular flexibility index (Phi) is 5.01. The first-order valence-corrected chi connectivity index (χ1v) is 5.21. The van der Waals surface area contributed by atoms with Gasteiger partial charge in [0.15, 0.2) is 0 Å². The van der Waals surface area contributed by atoms with Crippen LogP contribution in [-0.4, -0.2) is 24.2 Å². The van der Waals surface area contributed by atoms with Gasteiger partial charge in [-0.1, -0.05) is 11.6 Å². The summed E-state index contributed by atoms with van der Waals surface area (Å²) in [5, 5.41) is 13.4. The number of carboxylic acid groups (broad SMARTS) is 1. The number of carbonyl (C=O) groups is 2. The Morgan fingerprint density at radius 1 is 1.44 bits per heavy atom. The van der Waals surface area contributed by atoms with E-state index < -0.39 is 12.0 Å². The number of aliphatic carboxylic acids is 1. The Hall–Kier alpha value is -2.21. The van der Waals surface area contributed by atoms with E-state index >= 15 is 0 Å². The Bertz CT molecular complexity index is 488. The summed E-state index contributed by atoms with van der Waals surface area (Å²) < 4.78 is 4.96. The lowest BCUT2D eigenvalue weighted by molar-refractivity contribution is -0.131. The van der Waals surface area contributed by atoms with Gasteiger partial charge in [-0.25, -0.2) is 9.59 Å². The molecule has 0 aliphatic rings. The molecule has 6 nitrogen and oxygen atoms in total. The number of methoxy groups -OCH3 is 1. The number of amides is 2. The molecule has 1 aromatic carbocycles. The fourth-order valence-electron chi connectivity index (χ4n) is 1.10. The van der Waals surface area contributed by atoms with Crippen molar-refractivity contribution in [2.45, 2.75) is 0 Å². The maximum atomic E-state index is 11.3. The van der Waals surface area contributed by atoms with Crippen molar-refractivity contribution in [3.63, 3.8) is 0 Å². The molecule has 0 atom stereocenters. The molecule has 3 N–H and O–H groups in total. The van der Waals surface area contributed by atoms with Gasteiger partial charge in [0.05, 0.1) is 12.1 Å². The van der Waals surface area contributed by atoms with Crippen LogP contribution in [0.2, 0.25) is 5.02 Å². The zero-order valence-electron chi connectivity index (χ0n) is 9.44. The van der Waals surface area contributed by atoms with Crippen LogP contribution in [0, 0.1) is 0 Å². The summed E-state index contributed by atoms with van der Waals surface area (Å²) in [6.07, 6.45) is 1.82. The molecule has 0 aliphatic heterocycles. The van der Waals surface area contributed by atoms with Gasteiger partial charge in [0, 0.05) is 18.0 Å². The van der Waals surface area contributed by atoms with E-state index in [1.165, 1.54) is 13.2 Å². The van der Waals surface area contributed by atoms with Crippen molar-refractivity contribution in [1.82, 2.24) is 5.32 Å². The second-order valence-electron chi connectivity index (χ2n) is 3.12. The molecule has 1 rings (SSSR count). The Morgan fingerprint density at radius 2 is 2.17 bits per heavy atom. The zero-order valence-corrected chi connectivity index (χ0v) is 10.2. The SMILES string of the molecule is COc1ccc(NC(=O)N/C=C/C(=O)O)cc1Cl. The van der Waals surface area contributed by atoms with Gasteiger partial charge in [0.1, 0.15) is 5.75 Å². The van der Waals surface area contributed by atoms with Gasteiger partial charge < -0.3 is 20.5 Å². The number of halogens is 1. The van der Waals surface area contributed by atoms with Crippen LogP contribution in [0.5, 0.6) is 5.75 Å². The lowest BCUT2D eigenvalue weighted by atomic mass is 10.3. The third-order valence-electron chi connectivity index (χ3n) is 1.85. The first kappa shape index (κ1) is 13.9. The maximum Gasteiger partial charge on any atom is 0.329 e. The van der Waals surface area contributed by atoms with Crippen molar-refractivity contribution < 1.29 is 19.4 Å². The number of anilines is 1. The van der Waals surface area contributed by atoms with E-state index in [0.717, 1.165) is 12.3 Å². The Morgan fingerprint density at radius 3 is 2.72 bits per heavy atom. The lowest BCUT2D eigenvalue weighted by Gasteiger charge is -2.07. The lowest BCUT2D eigenvalue weighted by Crippen LogP contribution is -2.24. The van der Waals surface area contributed by atoms with E-state index in [1.807, 2.05) is 0 Å². The van der Waals surface area contributed by atoms with E-state index in [9.17, 15) is 9.59 Å². The highest BCUT2D eigenvalue weighted by molar-refractivity contribution is 6.32. The van der Waals surface area contributed by atoms with Crippen LogP contribution in [-0.2, 0) is 4.79 Å². The highest BCUT2D eigenvalue weighted by Gasteiger charge is 2.04. The van der Waals surface area contributed by atoms with Crippen molar-refractivity contribution in [2.75, 3.05) is 12.4 Å². The van der Waals surface area contributed by atoms with Crippen LogP contribution in [0.4, 0.5) is 10.5 Å². The standard InChI is InChI=1S/C11H11ClN2O4/c1-18-9-3-2-7(6-8(9)12)14-11(17)13-5-4-10(15)16/h2-6H,1H3,(H,15,16)(H2,13,14,17)/b5-4+. The zero-order chi connectivity index (χ0) is 13.5. The van der Waals surface area contributed by atoms with E-state index in [2.05, 4.69) is 10.6 Å². The number of carboxylic acids is 1. The molecule has 0 fully saturated rings. The van der Waals surface area contributed by atoms with Crippen LogP contribution < -0.4 is 15.4 Å². The molecule has 0 saturated heterocycles. The average Bonchev–Trinajstić information content (AvgIpc) is 2.28. The summed E-state index contributed by atoms with van der Waals surface area (Å²) in [6.45, 7) is 0. The minimum atomic E-state index is -1.15. The van der Waals surface area contributed by atoms with Gasteiger partial charge in [-0.2, -0.15) is 0 Å². The summed E-state index contributed by atoms with van der Waals surface area (Å²) in [6, 6.07) is 4.14. The number of hydrogen-bond donors (Lipinski definition) is 3. The van der Waals surface area contributed by atoms with Crippen LogP contribution in [0.3, 0.4) is 0 Å². The second kappa shape index (κ2) is 6.51. The van der Waals surface area contributed by atoms with Gasteiger partial charge in [-0.05, 0) is 18.2 Å². The number of benzene rings is 1. The molecule has 0 bridgehead atoms. The van der Waals surface area contributed by atoms with E-state index in [0.29, 0.717) is 16.5 Å². The first-order chi connectivity index (χ1) is 8.52. The highest BCUT2D eigenvalue weighted by Crippen LogP contribution is 2.26. The third-order valence-corrected chi connectivity index (χ3v) is 2.15. The molecule has 18 heavy (non-hydrogen) atoms. The van der Waals surface area contributed by atoms with E-state index in [1.54, 1.807) is 12.1 Å². The average molecular weight is 271 g/mol. The number of urea groups is 1. The predicted molar refractivity (Wildman–Crippen MR) is 66.9 cm³/mol. The molecule has 0 saturated carbocycles. The smallest absolute Gasteiger partial charge is 0.329 e. The molecule has 0 spiro atoms. The Labute approximate surface area is 108 Å². The van der Waals surface area contributed by atoms with E-state index in [4.69, 9.17) is 21.4 Å². The van der Waals surface area contributed by atoms with Crippen molar-refractivity contribution >= 4 is 29.3 Å². The van der Waals surface area contributed by atoms with Gasteiger partial charge in [0.2, 0.25) is 0 Å². The number of hydrogen-bond acceptors (Lipinski definition) is 3. The van der Waals surface area contributed by atoms with Crippen molar-refractivity contribution in [3.8, 4) is 5.75 Å². The minimum Gasteiger partial charge on any atom is -0.495 e. The van der Waals surface area contributed by atoms with Crippen molar-refractivity contribution in [3.05, 3.63) is 35.5 Å². The molecule has 7 heteroatoms. The summed E-state index contributed by atoms with van der Waals surface area (Å²) in [5.41, 5.74) is 0.460. The predicted octanol–water partition coefficient (Wildman–Crippen LogP) is 2.07. The minimum absolute atomic E-state index is 0.358. The van der Waals surface area contributed by atoms with Gasteiger partial charge in [-0.15, -0.1) is 0 Å². The van der Waals surface area contributed by atoms with Crippen LogP contribution in [0.15, 0.2) is 30.5 Å². The molecule has 0 aliphatic carbocycles. The first-order valence-electron chi connectivity index (χ1n) is 4.83. The van der Waals surface area contributed by atoms with Crippen LogP contribution >= 0.6 is 11.6 Å². The van der Waals surface area contributed by atoms with Crippen molar-refractivity contribution in [1.29, 1.82) is 0 Å². The number of rotatable bonds is 4. The highest BCUT2D eigenvalue weighted by atomic mass is 35.5. The number of carbonyl (C=O) groups excluding carboxylic acids is 1. The fraction of sp³-hybridized carbons (Fsp3) is 0.0909. The molecule has 1 aromatic rings. The van der Waals surface area contributed by atoms with Crippen LogP contribution in [0.1, 0.15) is 0 Å². The largest absolute Gasteiger partial charge is 0.495 e. The summed E-state index contributed by atoms with van der Waals surface area (Å²) in [4.78, 5) is 21.5. The number of nitrogens with one attached hydrogen (secondary N) is 2. The fourth-order valence-corrected chi connectivity index (χ4v) is 1.36. The molecule has 0 radical (unpaired) electrons. The topological polar surface area (TPSA) is 87.7 Å². The second-order valence-corrected chi connectivity index (χ2v) is 3.53. The monoisotopic (exact) mass is 270 g/mol. The molecule has 2 amide bonds. The summed E-state index contributed by atoms with van der Waals surface area (Å²) in [5.74, 6) is -0.656. The number of ether oxygens (including phenoxy) is 1. The van der Waals surface area contributed by atoms with Crippen LogP contribution in [0.25, 0.3) is 0 Å². The Balaban J connectivity index is 2.59. The van der Waals surface area contributed by atoms with Gasteiger partial charge in [-0.3, -0.25) is 0 Å². The van der Waals surface area contributed by atoms with E-state index in [-0.39, 0.29) is 0 Å². The molecule has 0 aromatic heterocycles. The summed E-state index contributed by atoms with van der Waals surface area (Å²) >= 11 is 5.87. The molecule has 0 unspecified atom stereocenters. The van der Waals surface area contributed by atoms with Gasteiger partial charge in [0.25, 0.3) is 0 Å². The quantitative estimate of drug-likeness (QED) is 0.731.